The standard InChI is InChI=1S/C28H31F2N3O6S2/c1-32(2)41(36,37)13-12-33(17-27(34)31-38-3)28(35)21-7-5-6-19(14-21)18-39-22-10-8-20(9-11-22)23-15-24(29)25(30)16-26(23)40-4/h5-11,14-16H,12-13,17-18H2,1-4H3,(H,31,34). The molecule has 9 nitrogen and oxygen atoms in total. The van der Waals surface area contributed by atoms with Crippen molar-refractivity contribution in [1.82, 2.24) is 14.7 Å². The minimum Gasteiger partial charge on any atom is -0.489 e. The van der Waals surface area contributed by atoms with Gasteiger partial charge in [0, 0.05) is 31.1 Å². The van der Waals surface area contributed by atoms with Crippen LogP contribution in [0.4, 0.5) is 8.78 Å². The predicted molar refractivity (Wildman–Crippen MR) is 153 cm³/mol. The summed E-state index contributed by atoms with van der Waals surface area (Å²) in [7, 11) is 0.417. The van der Waals surface area contributed by atoms with E-state index in [0.29, 0.717) is 27.3 Å². The summed E-state index contributed by atoms with van der Waals surface area (Å²) >= 11 is 1.31. The second-order valence-electron chi connectivity index (χ2n) is 9.03. The van der Waals surface area contributed by atoms with Crippen LogP contribution in [0.15, 0.2) is 65.6 Å². The van der Waals surface area contributed by atoms with E-state index in [1.54, 1.807) is 54.8 Å². The number of rotatable bonds is 13. The number of benzene rings is 3. The Morgan fingerprint density at radius 3 is 2.32 bits per heavy atom. The van der Waals surface area contributed by atoms with Gasteiger partial charge in [-0.2, -0.15) is 0 Å². The molecule has 13 heteroatoms. The van der Waals surface area contributed by atoms with Crippen LogP contribution < -0.4 is 10.2 Å². The van der Waals surface area contributed by atoms with Gasteiger partial charge >= 0.3 is 0 Å². The molecule has 0 aliphatic rings. The number of hydrogen-bond acceptors (Lipinski definition) is 7. The number of nitrogens with zero attached hydrogens (tertiary/aromatic N) is 2. The highest BCUT2D eigenvalue weighted by atomic mass is 32.2. The molecule has 0 unspecified atom stereocenters. The molecule has 41 heavy (non-hydrogen) atoms. The lowest BCUT2D eigenvalue weighted by Crippen LogP contribution is -2.43. The Kier molecular flexibility index (Phi) is 11.2. The van der Waals surface area contributed by atoms with Crippen molar-refractivity contribution in [3.8, 4) is 16.9 Å². The fourth-order valence-corrected chi connectivity index (χ4v) is 5.21. The topological polar surface area (TPSA) is 105 Å². The lowest BCUT2D eigenvalue weighted by atomic mass is 10.1. The molecule has 220 valence electrons. The van der Waals surface area contributed by atoms with Gasteiger partial charge in [-0.1, -0.05) is 24.3 Å². The summed E-state index contributed by atoms with van der Waals surface area (Å²) in [4.78, 5) is 31.7. The molecule has 0 heterocycles. The van der Waals surface area contributed by atoms with Gasteiger partial charge in [-0.3, -0.25) is 14.4 Å². The third kappa shape index (κ3) is 8.73. The van der Waals surface area contributed by atoms with Crippen LogP contribution >= 0.6 is 11.8 Å². The zero-order valence-electron chi connectivity index (χ0n) is 23.0. The predicted octanol–water partition coefficient (Wildman–Crippen LogP) is 3.94. The average molecular weight is 608 g/mol. The van der Waals surface area contributed by atoms with Gasteiger partial charge in [0.05, 0.1) is 12.9 Å². The van der Waals surface area contributed by atoms with Crippen LogP contribution in [-0.2, 0) is 26.3 Å². The van der Waals surface area contributed by atoms with Crippen molar-refractivity contribution in [2.45, 2.75) is 11.5 Å². The molecule has 0 fully saturated rings. The van der Waals surface area contributed by atoms with Crippen molar-refractivity contribution < 1.29 is 36.4 Å². The van der Waals surface area contributed by atoms with E-state index in [1.807, 2.05) is 0 Å². The van der Waals surface area contributed by atoms with Crippen LogP contribution in [0.2, 0.25) is 0 Å². The molecular weight excluding hydrogens is 576 g/mol. The summed E-state index contributed by atoms with van der Waals surface area (Å²) in [5.41, 5.74) is 4.30. The van der Waals surface area contributed by atoms with Crippen molar-refractivity contribution in [3.05, 3.63) is 83.4 Å². The molecule has 3 rings (SSSR count). The number of hydroxylamine groups is 1. The smallest absolute Gasteiger partial charge is 0.263 e. The SMILES string of the molecule is CONC(=O)CN(CCS(=O)(=O)N(C)C)C(=O)c1cccc(COc2ccc(-c3cc(F)c(F)cc3SC)cc2)c1. The highest BCUT2D eigenvalue weighted by Crippen LogP contribution is 2.33. The summed E-state index contributed by atoms with van der Waals surface area (Å²) in [5.74, 6) is -2.83. The Morgan fingerprint density at radius 1 is 1.00 bits per heavy atom. The lowest BCUT2D eigenvalue weighted by molar-refractivity contribution is -0.131. The minimum atomic E-state index is -3.61. The first kappa shape index (κ1) is 32.0. The zero-order valence-corrected chi connectivity index (χ0v) is 24.7. The Morgan fingerprint density at radius 2 is 1.68 bits per heavy atom. The molecule has 0 atom stereocenters. The van der Waals surface area contributed by atoms with E-state index in [4.69, 9.17) is 4.74 Å². The molecule has 0 aliphatic carbocycles. The van der Waals surface area contributed by atoms with E-state index in [9.17, 15) is 26.8 Å². The lowest BCUT2D eigenvalue weighted by Gasteiger charge is -2.23. The molecule has 0 bridgehead atoms. The first-order valence-corrected chi connectivity index (χ1v) is 15.1. The van der Waals surface area contributed by atoms with Gasteiger partial charge < -0.3 is 9.64 Å². The zero-order chi connectivity index (χ0) is 30.2. The third-order valence-corrected chi connectivity index (χ3v) is 8.59. The maximum absolute atomic E-state index is 13.8. The number of ether oxygens (including phenoxy) is 1. The van der Waals surface area contributed by atoms with Gasteiger partial charge in [-0.15, -0.1) is 11.8 Å². The van der Waals surface area contributed by atoms with E-state index >= 15 is 0 Å². The van der Waals surface area contributed by atoms with Gasteiger partial charge in [0.25, 0.3) is 11.8 Å². The van der Waals surface area contributed by atoms with Gasteiger partial charge in [-0.25, -0.2) is 27.0 Å². The Labute approximate surface area is 242 Å². The van der Waals surface area contributed by atoms with Crippen LogP contribution in [-0.4, -0.2) is 75.7 Å². The number of halogens is 2. The number of nitrogens with one attached hydrogen (secondary N) is 1. The normalized spacial score (nSPS) is 11.4. The summed E-state index contributed by atoms with van der Waals surface area (Å²) in [6.07, 6.45) is 1.78. The third-order valence-electron chi connectivity index (χ3n) is 6.00. The van der Waals surface area contributed by atoms with Crippen LogP contribution in [0.1, 0.15) is 15.9 Å². The molecule has 3 aromatic rings. The highest BCUT2D eigenvalue weighted by molar-refractivity contribution is 7.98. The minimum absolute atomic E-state index is 0.112. The number of thioether (sulfide) groups is 1. The fraction of sp³-hybridized carbons (Fsp3) is 0.286. The summed E-state index contributed by atoms with van der Waals surface area (Å²) in [5, 5.41) is 0. The first-order valence-electron chi connectivity index (χ1n) is 12.3. The fourth-order valence-electron chi connectivity index (χ4n) is 3.78. The quantitative estimate of drug-likeness (QED) is 0.232. The first-order chi connectivity index (χ1) is 19.4. The number of amides is 2. The van der Waals surface area contributed by atoms with Crippen molar-refractivity contribution in [3.63, 3.8) is 0 Å². The van der Waals surface area contributed by atoms with Gasteiger partial charge in [0.1, 0.15) is 18.9 Å². The van der Waals surface area contributed by atoms with Crippen molar-refractivity contribution in [2.75, 3.05) is 46.3 Å². The number of carbonyl (C=O) groups excluding carboxylic acids is 2. The monoisotopic (exact) mass is 607 g/mol. The summed E-state index contributed by atoms with van der Waals surface area (Å²) in [6.45, 7) is -0.500. The highest BCUT2D eigenvalue weighted by Gasteiger charge is 2.23. The maximum atomic E-state index is 13.8. The van der Waals surface area contributed by atoms with Crippen LogP contribution in [0, 0.1) is 11.6 Å². The molecule has 0 spiro atoms. The Hall–Kier alpha value is -3.52. The molecule has 0 radical (unpaired) electrons. The van der Waals surface area contributed by atoms with Gasteiger partial charge in [0.2, 0.25) is 10.0 Å². The molecule has 0 saturated carbocycles. The van der Waals surface area contributed by atoms with E-state index in [-0.39, 0.29) is 24.5 Å². The number of carbonyl (C=O) groups is 2. The van der Waals surface area contributed by atoms with Crippen molar-refractivity contribution >= 4 is 33.6 Å². The summed E-state index contributed by atoms with van der Waals surface area (Å²) in [6, 6.07) is 15.8. The molecule has 2 amide bonds. The number of sulfonamides is 1. The van der Waals surface area contributed by atoms with Gasteiger partial charge in [-0.05, 0) is 59.3 Å². The van der Waals surface area contributed by atoms with E-state index in [2.05, 4.69) is 10.3 Å². The second-order valence-corrected chi connectivity index (χ2v) is 12.2. The Bertz CT molecular complexity index is 1480. The molecule has 0 aromatic heterocycles. The Balaban J connectivity index is 1.72. The molecule has 3 aromatic carbocycles. The van der Waals surface area contributed by atoms with Crippen molar-refractivity contribution in [1.29, 1.82) is 0 Å². The second kappa shape index (κ2) is 14.4. The van der Waals surface area contributed by atoms with Crippen molar-refractivity contribution in [2.24, 2.45) is 0 Å². The van der Waals surface area contributed by atoms with Gasteiger partial charge in [0.15, 0.2) is 11.6 Å². The van der Waals surface area contributed by atoms with Crippen LogP contribution in [0.3, 0.4) is 0 Å². The molecule has 0 saturated heterocycles. The van der Waals surface area contributed by atoms with Crippen LogP contribution in [0.5, 0.6) is 5.75 Å². The number of hydrogen-bond donors (Lipinski definition) is 1. The summed E-state index contributed by atoms with van der Waals surface area (Å²) < 4.78 is 58.9. The average Bonchev–Trinajstić information content (AvgIpc) is 2.95. The van der Waals surface area contributed by atoms with E-state index in [1.165, 1.54) is 39.0 Å². The largest absolute Gasteiger partial charge is 0.489 e. The molecular formula is C28H31F2N3O6S2. The maximum Gasteiger partial charge on any atom is 0.263 e. The van der Waals surface area contributed by atoms with E-state index in [0.717, 1.165) is 15.3 Å². The molecule has 0 aliphatic heterocycles. The van der Waals surface area contributed by atoms with Crippen LogP contribution in [0.25, 0.3) is 11.1 Å². The van der Waals surface area contributed by atoms with E-state index < -0.39 is 40.0 Å². The molecule has 1 N–H and O–H groups in total.